The molecule has 0 saturated carbocycles. The summed E-state index contributed by atoms with van der Waals surface area (Å²) < 4.78 is 26.0. The molecule has 0 bridgehead atoms. The zero-order chi connectivity index (χ0) is 45.7. The average molecular weight is 875 g/mol. The van der Waals surface area contributed by atoms with Crippen molar-refractivity contribution in [3.63, 3.8) is 0 Å². The number of nitrogens with two attached hydrogens (primary N) is 1. The van der Waals surface area contributed by atoms with Crippen molar-refractivity contribution in [3.05, 3.63) is 96.1 Å². The molecule has 2 aromatic rings. The van der Waals surface area contributed by atoms with Gasteiger partial charge in [0.2, 0.25) is 11.8 Å². The molecular weight excluding hydrogens is 817 g/mol. The highest BCUT2D eigenvalue weighted by molar-refractivity contribution is 5.91. The molecule has 5 amide bonds. The summed E-state index contributed by atoms with van der Waals surface area (Å²) in [6.07, 6.45) is 7.25. The highest BCUT2D eigenvalue weighted by Gasteiger charge is 2.47. The Bertz CT molecular complexity index is 1990. The lowest BCUT2D eigenvalue weighted by Crippen LogP contribution is -2.67. The van der Waals surface area contributed by atoms with Gasteiger partial charge in [-0.15, -0.1) is 0 Å². The largest absolute Gasteiger partial charge is 0.467 e. The predicted molar refractivity (Wildman–Crippen MR) is 227 cm³/mol. The summed E-state index contributed by atoms with van der Waals surface area (Å²) in [5.74, 6) is -1.96. The van der Waals surface area contributed by atoms with E-state index in [4.69, 9.17) is 29.4 Å². The Morgan fingerprint density at radius 1 is 0.635 bits per heavy atom. The lowest BCUT2D eigenvalue weighted by atomic mass is 9.97. The Balaban J connectivity index is 0.000000243. The molecule has 340 valence electrons. The summed E-state index contributed by atoms with van der Waals surface area (Å²) in [6, 6.07) is 14.2. The van der Waals surface area contributed by atoms with Crippen LogP contribution < -0.4 is 11.1 Å². The number of ether oxygens (including phenoxy) is 5. The standard InChI is InChI=1S/C25H33N3O7.C20H25N3O5/c1-25(2,3)35-23(31)26-19-13-9-8-12-18-14-27(15-20(22(30)33-4)28(18)21(19)29)24(32)34-16-17-10-6-5-7-11-17;1-27-19(25)17-12-22(20(26)28-13-14-7-3-2-4-8-14)11-15-9-5-6-10-16(21)18(24)23(15)17/h5-11,18-20H,12-16H2,1-4H3,(H,26,31);2-8,15-17H,9-13,21H2,1H3/b9-8-;6-5-/t18-,19-,20-;15-,16-,17-/m00/s1. The fourth-order valence-electron chi connectivity index (χ4n) is 7.67. The summed E-state index contributed by atoms with van der Waals surface area (Å²) in [7, 11) is 2.49. The second-order valence-electron chi connectivity index (χ2n) is 16.5. The smallest absolute Gasteiger partial charge is 0.410 e. The molecule has 63 heavy (non-hydrogen) atoms. The first-order chi connectivity index (χ1) is 30.1. The first-order valence-electron chi connectivity index (χ1n) is 20.9. The molecule has 0 radical (unpaired) electrons. The van der Waals surface area contributed by atoms with E-state index in [1.807, 2.05) is 78.9 Å². The third kappa shape index (κ3) is 13.0. The van der Waals surface area contributed by atoms with Crippen molar-refractivity contribution in [3.8, 4) is 0 Å². The maximum absolute atomic E-state index is 13.5. The summed E-state index contributed by atoms with van der Waals surface area (Å²) in [5.41, 5.74) is 6.94. The maximum Gasteiger partial charge on any atom is 0.410 e. The van der Waals surface area contributed by atoms with Gasteiger partial charge >= 0.3 is 30.2 Å². The lowest BCUT2D eigenvalue weighted by Gasteiger charge is -2.46. The van der Waals surface area contributed by atoms with E-state index >= 15 is 0 Å². The van der Waals surface area contributed by atoms with Crippen molar-refractivity contribution in [2.24, 2.45) is 5.73 Å². The molecule has 2 saturated heterocycles. The molecule has 6 rings (SSSR count). The third-order valence-electron chi connectivity index (χ3n) is 10.7. The van der Waals surface area contributed by atoms with Gasteiger partial charge in [-0.05, 0) is 57.6 Å². The van der Waals surface area contributed by atoms with Crippen molar-refractivity contribution < 1.29 is 57.2 Å². The number of piperazine rings is 2. The summed E-state index contributed by atoms with van der Waals surface area (Å²) in [6.45, 7) is 5.79. The van der Waals surface area contributed by atoms with Gasteiger partial charge in [0.25, 0.3) is 0 Å². The van der Waals surface area contributed by atoms with Gasteiger partial charge in [0, 0.05) is 13.1 Å². The second kappa shape index (κ2) is 22.1. The number of hydrogen-bond donors (Lipinski definition) is 2. The van der Waals surface area contributed by atoms with Gasteiger partial charge in [0.1, 0.15) is 36.9 Å². The number of fused-ring (bicyclic) bond motifs is 2. The fraction of sp³-hybridized carbons (Fsp3) is 0.489. The Morgan fingerprint density at radius 3 is 1.51 bits per heavy atom. The minimum Gasteiger partial charge on any atom is -0.467 e. The molecule has 0 unspecified atom stereocenters. The van der Waals surface area contributed by atoms with Crippen LogP contribution in [0.15, 0.2) is 85.0 Å². The Hall–Kier alpha value is -6.43. The fourth-order valence-corrected chi connectivity index (χ4v) is 7.67. The van der Waals surface area contributed by atoms with E-state index in [2.05, 4.69) is 5.32 Å². The lowest BCUT2D eigenvalue weighted by molar-refractivity contribution is -0.160. The van der Waals surface area contributed by atoms with Crippen LogP contribution in [0, 0.1) is 0 Å². The van der Waals surface area contributed by atoms with Gasteiger partial charge in [-0.1, -0.05) is 85.0 Å². The zero-order valence-electron chi connectivity index (χ0n) is 36.4. The first-order valence-corrected chi connectivity index (χ1v) is 20.9. The van der Waals surface area contributed by atoms with Crippen LogP contribution >= 0.6 is 0 Å². The van der Waals surface area contributed by atoms with Crippen molar-refractivity contribution >= 4 is 42.0 Å². The summed E-state index contributed by atoms with van der Waals surface area (Å²) >= 11 is 0. The first kappa shape index (κ1) is 47.6. The Labute approximate surface area is 367 Å². The number of carbonyl (C=O) groups excluding carboxylic acids is 7. The number of esters is 2. The van der Waals surface area contributed by atoms with E-state index in [1.165, 1.54) is 33.8 Å². The van der Waals surface area contributed by atoms with E-state index in [0.29, 0.717) is 19.3 Å². The Kier molecular flexibility index (Phi) is 16.7. The minimum atomic E-state index is -1.04. The highest BCUT2D eigenvalue weighted by atomic mass is 16.6. The molecule has 4 aliphatic heterocycles. The number of alkyl carbamates (subject to hydrolysis) is 1. The van der Waals surface area contributed by atoms with Crippen molar-refractivity contribution in [2.75, 3.05) is 40.4 Å². The van der Waals surface area contributed by atoms with Crippen LogP contribution in [0.25, 0.3) is 0 Å². The van der Waals surface area contributed by atoms with Crippen LogP contribution in [-0.2, 0) is 56.1 Å². The monoisotopic (exact) mass is 874 g/mol. The molecule has 0 aromatic heterocycles. The highest BCUT2D eigenvalue weighted by Crippen LogP contribution is 2.26. The molecule has 4 heterocycles. The van der Waals surface area contributed by atoms with E-state index in [0.717, 1.165) is 11.1 Å². The van der Waals surface area contributed by atoms with Crippen LogP contribution in [0.5, 0.6) is 0 Å². The van der Waals surface area contributed by atoms with Crippen LogP contribution in [-0.4, -0.2) is 144 Å². The van der Waals surface area contributed by atoms with Crippen molar-refractivity contribution in [2.45, 2.75) is 102 Å². The van der Waals surface area contributed by atoms with Crippen LogP contribution in [0.2, 0.25) is 0 Å². The number of methoxy groups -OCH3 is 2. The average Bonchev–Trinajstić information content (AvgIpc) is 3.27. The minimum absolute atomic E-state index is 0.0129. The van der Waals surface area contributed by atoms with Crippen LogP contribution in [0.3, 0.4) is 0 Å². The van der Waals surface area contributed by atoms with Crippen molar-refractivity contribution in [1.29, 1.82) is 0 Å². The van der Waals surface area contributed by atoms with E-state index in [1.54, 1.807) is 26.8 Å². The normalized spacial score (nSPS) is 24.5. The number of nitrogens with one attached hydrogen (secondary N) is 1. The molecule has 2 fully saturated rings. The second-order valence-corrected chi connectivity index (χ2v) is 16.5. The van der Waals surface area contributed by atoms with Crippen LogP contribution in [0.4, 0.5) is 14.4 Å². The number of hydrogen-bond acceptors (Lipinski definition) is 13. The molecule has 0 spiro atoms. The molecule has 6 atom stereocenters. The van der Waals surface area contributed by atoms with Gasteiger partial charge in [0.15, 0.2) is 0 Å². The van der Waals surface area contributed by atoms with Gasteiger partial charge in [0.05, 0.1) is 45.4 Å². The summed E-state index contributed by atoms with van der Waals surface area (Å²) in [4.78, 5) is 95.0. The number of amides is 5. The van der Waals surface area contributed by atoms with Crippen molar-refractivity contribution in [1.82, 2.24) is 24.9 Å². The topological polar surface area (TPSA) is 217 Å². The molecule has 2 aromatic carbocycles. The Morgan fingerprint density at radius 2 is 1.06 bits per heavy atom. The molecule has 18 nitrogen and oxygen atoms in total. The quantitative estimate of drug-likeness (QED) is 0.231. The molecule has 4 aliphatic rings. The van der Waals surface area contributed by atoms with Gasteiger partial charge < -0.3 is 54.3 Å². The van der Waals surface area contributed by atoms with E-state index in [9.17, 15) is 33.6 Å². The van der Waals surface area contributed by atoms with Gasteiger partial charge in [-0.3, -0.25) is 9.59 Å². The van der Waals surface area contributed by atoms with Gasteiger partial charge in [-0.2, -0.15) is 0 Å². The molecule has 3 N–H and O–H groups in total. The number of carbonyl (C=O) groups is 7. The zero-order valence-corrected chi connectivity index (χ0v) is 36.4. The SMILES string of the molecule is COC(=O)[C@@H]1CN(C(=O)OCc2ccccc2)C[C@@H]2C/C=C\C[C@H](N)C(=O)N21.COC(=O)[C@@H]1CN(C(=O)OCc2ccccc2)C[C@@H]2C/C=C\C[C@H](NC(=O)OC(C)(C)C)C(=O)N21. The third-order valence-corrected chi connectivity index (χ3v) is 10.7. The van der Waals surface area contributed by atoms with E-state index in [-0.39, 0.29) is 57.8 Å². The number of nitrogens with zero attached hydrogens (tertiary/aromatic N) is 4. The van der Waals surface area contributed by atoms with Gasteiger partial charge in [-0.25, -0.2) is 24.0 Å². The maximum atomic E-state index is 13.5. The number of rotatable bonds is 7. The van der Waals surface area contributed by atoms with E-state index < -0.39 is 71.9 Å². The molecule has 0 aliphatic carbocycles. The predicted octanol–water partition coefficient (Wildman–Crippen LogP) is 3.68. The molecule has 18 heteroatoms. The summed E-state index contributed by atoms with van der Waals surface area (Å²) in [5, 5.41) is 2.61. The number of benzene rings is 2. The van der Waals surface area contributed by atoms with Crippen LogP contribution in [0.1, 0.15) is 57.6 Å². The molecular formula is C45H58N6O12.